The number of rotatable bonds is 4. The summed E-state index contributed by atoms with van der Waals surface area (Å²) in [6.07, 6.45) is 1.59. The van der Waals surface area contributed by atoms with Gasteiger partial charge in [0.2, 0.25) is 0 Å². The van der Waals surface area contributed by atoms with Gasteiger partial charge in [0.15, 0.2) is 12.1 Å². The van der Waals surface area contributed by atoms with E-state index in [9.17, 15) is 9.59 Å². The van der Waals surface area contributed by atoms with Crippen LogP contribution in [0.5, 0.6) is 0 Å². The summed E-state index contributed by atoms with van der Waals surface area (Å²) in [6.45, 7) is 2.05. The number of hydrogen-bond acceptors (Lipinski definition) is 2. The maximum atomic E-state index is 12.4. The van der Waals surface area contributed by atoms with Crippen molar-refractivity contribution in [2.75, 3.05) is 0 Å². The Morgan fingerprint density at radius 3 is 2.42 bits per heavy atom. The van der Waals surface area contributed by atoms with Gasteiger partial charge in [0, 0.05) is 21.7 Å². The maximum absolute atomic E-state index is 12.4. The fourth-order valence-corrected chi connectivity index (χ4v) is 2.05. The third kappa shape index (κ3) is 2.91. The van der Waals surface area contributed by atoms with Crippen LogP contribution in [0.2, 0.25) is 5.02 Å². The van der Waals surface area contributed by atoms with Gasteiger partial charge in [-0.05, 0) is 30.2 Å². The molecule has 0 aliphatic rings. The first kappa shape index (κ1) is 13.5. The fraction of sp³-hybridized carbons (Fsp3) is 0.125. The molecule has 0 spiro atoms. The summed E-state index contributed by atoms with van der Waals surface area (Å²) in [6, 6.07) is 12.1. The van der Waals surface area contributed by atoms with E-state index in [0.717, 1.165) is 6.42 Å². The molecule has 0 N–H and O–H groups in total. The lowest BCUT2D eigenvalue weighted by Crippen LogP contribution is -2.05. The summed E-state index contributed by atoms with van der Waals surface area (Å²) >= 11 is 5.88. The average Bonchev–Trinajstić information content (AvgIpc) is 2.46. The van der Waals surface area contributed by atoms with Crippen molar-refractivity contribution in [1.29, 1.82) is 0 Å². The minimum Gasteiger partial charge on any atom is -0.298 e. The van der Waals surface area contributed by atoms with E-state index in [4.69, 9.17) is 11.6 Å². The molecule has 2 rings (SSSR count). The van der Waals surface area contributed by atoms with Crippen LogP contribution >= 0.6 is 11.6 Å². The maximum Gasteiger partial charge on any atom is 0.193 e. The number of aldehydes is 1. The smallest absolute Gasteiger partial charge is 0.193 e. The number of carbonyl (C=O) groups is 2. The Morgan fingerprint density at radius 2 is 1.84 bits per heavy atom. The highest BCUT2D eigenvalue weighted by molar-refractivity contribution is 6.31. The summed E-state index contributed by atoms with van der Waals surface area (Å²) in [5, 5.41) is 0.444. The van der Waals surface area contributed by atoms with Gasteiger partial charge in [-0.15, -0.1) is 0 Å². The average molecular weight is 273 g/mol. The minimum absolute atomic E-state index is 0.188. The van der Waals surface area contributed by atoms with E-state index in [1.54, 1.807) is 24.3 Å². The van der Waals surface area contributed by atoms with E-state index in [1.165, 1.54) is 11.6 Å². The molecule has 19 heavy (non-hydrogen) atoms. The standard InChI is InChI=1S/C16H13ClO2/c1-2-11-3-5-12(6-4-11)16(19)15-9-14(17)8-7-13(15)10-18/h3-10H,2H2,1H3. The number of benzene rings is 2. The molecule has 2 aromatic rings. The first-order chi connectivity index (χ1) is 9.15. The van der Waals surface area contributed by atoms with Gasteiger partial charge in [-0.2, -0.15) is 0 Å². The van der Waals surface area contributed by atoms with Gasteiger partial charge in [0.05, 0.1) is 0 Å². The number of aryl methyl sites for hydroxylation is 1. The molecule has 2 aromatic carbocycles. The lowest BCUT2D eigenvalue weighted by atomic mass is 9.98. The molecule has 0 aliphatic heterocycles. The Hall–Kier alpha value is -1.93. The predicted molar refractivity (Wildman–Crippen MR) is 76.1 cm³/mol. The monoisotopic (exact) mass is 272 g/mol. The Morgan fingerprint density at radius 1 is 1.16 bits per heavy atom. The van der Waals surface area contributed by atoms with Gasteiger partial charge < -0.3 is 0 Å². The van der Waals surface area contributed by atoms with Crippen LogP contribution in [0.1, 0.15) is 38.8 Å². The first-order valence-electron chi connectivity index (χ1n) is 6.04. The molecule has 0 unspecified atom stereocenters. The molecule has 2 nitrogen and oxygen atoms in total. The van der Waals surface area contributed by atoms with Crippen molar-refractivity contribution in [3.63, 3.8) is 0 Å². The zero-order chi connectivity index (χ0) is 13.8. The third-order valence-corrected chi connectivity index (χ3v) is 3.25. The molecule has 96 valence electrons. The van der Waals surface area contributed by atoms with Crippen LogP contribution in [0, 0.1) is 0 Å². The van der Waals surface area contributed by atoms with Crippen molar-refractivity contribution in [2.24, 2.45) is 0 Å². The molecule has 0 fully saturated rings. The molecular weight excluding hydrogens is 260 g/mol. The summed E-state index contributed by atoms with van der Waals surface area (Å²) in [7, 11) is 0. The molecule has 0 heterocycles. The molecule has 0 bridgehead atoms. The normalized spacial score (nSPS) is 10.2. The summed E-state index contributed by atoms with van der Waals surface area (Å²) in [4.78, 5) is 23.3. The lowest BCUT2D eigenvalue weighted by molar-refractivity contribution is 0.102. The van der Waals surface area contributed by atoms with Crippen molar-refractivity contribution in [3.8, 4) is 0 Å². The Balaban J connectivity index is 2.42. The largest absolute Gasteiger partial charge is 0.298 e. The predicted octanol–water partition coefficient (Wildman–Crippen LogP) is 3.95. The zero-order valence-electron chi connectivity index (χ0n) is 10.5. The quantitative estimate of drug-likeness (QED) is 0.624. The molecule has 0 aromatic heterocycles. The number of hydrogen-bond donors (Lipinski definition) is 0. The zero-order valence-corrected chi connectivity index (χ0v) is 11.3. The Labute approximate surface area is 117 Å². The van der Waals surface area contributed by atoms with Gasteiger partial charge in [-0.25, -0.2) is 0 Å². The second-order valence-electron chi connectivity index (χ2n) is 4.23. The van der Waals surface area contributed by atoms with Gasteiger partial charge in [-0.3, -0.25) is 9.59 Å². The van der Waals surface area contributed by atoms with Crippen molar-refractivity contribution in [2.45, 2.75) is 13.3 Å². The number of ketones is 1. The number of carbonyl (C=O) groups excluding carboxylic acids is 2. The molecule has 3 heteroatoms. The summed E-state index contributed by atoms with van der Waals surface area (Å²) in [5.74, 6) is -0.188. The van der Waals surface area contributed by atoms with Gasteiger partial charge in [0.25, 0.3) is 0 Å². The van der Waals surface area contributed by atoms with Crippen molar-refractivity contribution in [3.05, 3.63) is 69.7 Å². The van der Waals surface area contributed by atoms with Crippen LogP contribution in [0.4, 0.5) is 0 Å². The second-order valence-corrected chi connectivity index (χ2v) is 4.67. The molecule has 0 saturated heterocycles. The topological polar surface area (TPSA) is 34.1 Å². The Bertz CT molecular complexity index is 615. The van der Waals surface area contributed by atoms with E-state index in [2.05, 4.69) is 6.92 Å². The second kappa shape index (κ2) is 5.81. The van der Waals surface area contributed by atoms with Gasteiger partial charge >= 0.3 is 0 Å². The van der Waals surface area contributed by atoms with Gasteiger partial charge in [0.1, 0.15) is 0 Å². The van der Waals surface area contributed by atoms with Crippen molar-refractivity contribution in [1.82, 2.24) is 0 Å². The van der Waals surface area contributed by atoms with E-state index < -0.39 is 0 Å². The highest BCUT2D eigenvalue weighted by atomic mass is 35.5. The fourth-order valence-electron chi connectivity index (χ4n) is 1.88. The summed E-state index contributed by atoms with van der Waals surface area (Å²) in [5.41, 5.74) is 2.42. The van der Waals surface area contributed by atoms with Crippen LogP contribution < -0.4 is 0 Å². The molecule has 0 amide bonds. The van der Waals surface area contributed by atoms with Crippen LogP contribution in [-0.2, 0) is 6.42 Å². The van der Waals surface area contributed by atoms with E-state index in [0.29, 0.717) is 28.0 Å². The van der Waals surface area contributed by atoms with Crippen LogP contribution in [-0.4, -0.2) is 12.1 Å². The number of halogens is 1. The Kier molecular flexibility index (Phi) is 4.13. The molecule has 0 atom stereocenters. The van der Waals surface area contributed by atoms with Crippen LogP contribution in [0.15, 0.2) is 42.5 Å². The first-order valence-corrected chi connectivity index (χ1v) is 6.42. The highest BCUT2D eigenvalue weighted by Crippen LogP contribution is 2.19. The molecule has 0 saturated carbocycles. The lowest BCUT2D eigenvalue weighted by Gasteiger charge is -2.05. The van der Waals surface area contributed by atoms with Crippen LogP contribution in [0.3, 0.4) is 0 Å². The summed E-state index contributed by atoms with van der Waals surface area (Å²) < 4.78 is 0. The molecule has 0 radical (unpaired) electrons. The van der Waals surface area contributed by atoms with Crippen LogP contribution in [0.25, 0.3) is 0 Å². The minimum atomic E-state index is -0.188. The van der Waals surface area contributed by atoms with Gasteiger partial charge in [-0.1, -0.05) is 42.8 Å². The SMILES string of the molecule is CCc1ccc(C(=O)c2cc(Cl)ccc2C=O)cc1. The highest BCUT2D eigenvalue weighted by Gasteiger charge is 2.13. The van der Waals surface area contributed by atoms with Crippen molar-refractivity contribution < 1.29 is 9.59 Å². The molecular formula is C16H13ClO2. The third-order valence-electron chi connectivity index (χ3n) is 3.01. The molecule has 0 aliphatic carbocycles. The van der Waals surface area contributed by atoms with E-state index in [-0.39, 0.29) is 5.78 Å². The van der Waals surface area contributed by atoms with Crippen molar-refractivity contribution >= 4 is 23.7 Å². The van der Waals surface area contributed by atoms with E-state index in [1.807, 2.05) is 12.1 Å². The van der Waals surface area contributed by atoms with E-state index >= 15 is 0 Å².